The summed E-state index contributed by atoms with van der Waals surface area (Å²) in [6.45, 7) is 3.88. The van der Waals surface area contributed by atoms with Crippen LogP contribution in [0.2, 0.25) is 0 Å². The lowest BCUT2D eigenvalue weighted by Crippen LogP contribution is -2.50. The normalized spacial score (nSPS) is 17.0. The van der Waals surface area contributed by atoms with E-state index in [9.17, 15) is 9.59 Å². The number of aromatic amines is 1. The molecule has 1 atom stereocenters. The minimum Gasteiger partial charge on any atom is -0.397 e. The Bertz CT molecular complexity index is 465. The molecular formula is C12H18N4O3. The van der Waals surface area contributed by atoms with Gasteiger partial charge in [0.25, 0.3) is 5.91 Å². The Balaban J connectivity index is 1.91. The van der Waals surface area contributed by atoms with Gasteiger partial charge in [-0.2, -0.15) is 0 Å². The molecule has 1 unspecified atom stereocenters. The van der Waals surface area contributed by atoms with Crippen molar-refractivity contribution in [3.63, 3.8) is 0 Å². The zero-order chi connectivity index (χ0) is 13.8. The predicted octanol–water partition coefficient (Wildman–Crippen LogP) is -0.426. The molecule has 1 aliphatic rings. The number of carbonyl (C=O) groups excluding carboxylic acids is 2. The standard InChI is InChI=1S/C12H18N4O3/c1-8(12(18)16-2-4-19-5-3-16)15-11(17)10-6-9(13)7-14-10/h6-8,14H,2-5,13H2,1H3,(H,15,17). The first-order valence-electron chi connectivity index (χ1n) is 6.19. The van der Waals surface area contributed by atoms with Gasteiger partial charge in [-0.15, -0.1) is 0 Å². The van der Waals surface area contributed by atoms with E-state index in [1.54, 1.807) is 11.8 Å². The maximum Gasteiger partial charge on any atom is 0.268 e. The van der Waals surface area contributed by atoms with Crippen LogP contribution in [0.4, 0.5) is 5.69 Å². The van der Waals surface area contributed by atoms with E-state index in [4.69, 9.17) is 10.5 Å². The van der Waals surface area contributed by atoms with Crippen LogP contribution in [0.5, 0.6) is 0 Å². The summed E-state index contributed by atoms with van der Waals surface area (Å²) in [5, 5.41) is 2.65. The first kappa shape index (κ1) is 13.4. The zero-order valence-electron chi connectivity index (χ0n) is 10.8. The molecule has 0 saturated carbocycles. The second kappa shape index (κ2) is 5.75. The first-order valence-corrected chi connectivity index (χ1v) is 6.19. The van der Waals surface area contributed by atoms with Gasteiger partial charge in [0.2, 0.25) is 5.91 Å². The van der Waals surface area contributed by atoms with Gasteiger partial charge in [0.15, 0.2) is 0 Å². The molecule has 104 valence electrons. The Labute approximate surface area is 111 Å². The zero-order valence-corrected chi connectivity index (χ0v) is 10.8. The minimum atomic E-state index is -0.574. The molecule has 0 aliphatic carbocycles. The number of nitrogens with two attached hydrogens (primary N) is 1. The van der Waals surface area contributed by atoms with Crippen LogP contribution >= 0.6 is 0 Å². The fourth-order valence-corrected chi connectivity index (χ4v) is 1.94. The number of anilines is 1. The van der Waals surface area contributed by atoms with Gasteiger partial charge >= 0.3 is 0 Å². The van der Waals surface area contributed by atoms with Gasteiger partial charge in [-0.1, -0.05) is 0 Å². The van der Waals surface area contributed by atoms with Crippen LogP contribution in [-0.2, 0) is 9.53 Å². The van der Waals surface area contributed by atoms with Gasteiger partial charge in [-0.3, -0.25) is 9.59 Å². The Morgan fingerprint density at radius 3 is 2.74 bits per heavy atom. The number of morpholine rings is 1. The minimum absolute atomic E-state index is 0.101. The van der Waals surface area contributed by atoms with E-state index < -0.39 is 6.04 Å². The van der Waals surface area contributed by atoms with E-state index in [0.29, 0.717) is 37.7 Å². The van der Waals surface area contributed by atoms with Crippen LogP contribution in [0.15, 0.2) is 12.3 Å². The molecule has 2 rings (SSSR count). The summed E-state index contributed by atoms with van der Waals surface area (Å²) in [4.78, 5) is 28.4. The van der Waals surface area contributed by atoms with Gasteiger partial charge in [0, 0.05) is 25.0 Å². The number of carbonyl (C=O) groups is 2. The molecule has 0 bridgehead atoms. The lowest BCUT2D eigenvalue weighted by Gasteiger charge is -2.29. The Morgan fingerprint density at radius 2 is 2.16 bits per heavy atom. The number of nitrogens with one attached hydrogen (secondary N) is 2. The highest BCUT2D eigenvalue weighted by molar-refractivity contribution is 5.96. The summed E-state index contributed by atoms with van der Waals surface area (Å²) in [7, 11) is 0. The predicted molar refractivity (Wildman–Crippen MR) is 69.5 cm³/mol. The van der Waals surface area contributed by atoms with Gasteiger partial charge in [-0.05, 0) is 13.0 Å². The quantitative estimate of drug-likeness (QED) is 0.691. The summed E-state index contributed by atoms with van der Waals surface area (Å²) in [6, 6.07) is 0.955. The smallest absolute Gasteiger partial charge is 0.268 e. The summed E-state index contributed by atoms with van der Waals surface area (Å²) < 4.78 is 5.18. The average Bonchev–Trinajstić information content (AvgIpc) is 2.85. The lowest BCUT2D eigenvalue weighted by molar-refractivity contribution is -0.136. The lowest BCUT2D eigenvalue weighted by atomic mass is 10.2. The van der Waals surface area contributed by atoms with E-state index in [1.165, 1.54) is 12.3 Å². The topological polar surface area (TPSA) is 100 Å². The van der Waals surface area contributed by atoms with Crippen molar-refractivity contribution in [2.75, 3.05) is 32.0 Å². The summed E-state index contributed by atoms with van der Waals surface area (Å²) in [6.07, 6.45) is 1.53. The van der Waals surface area contributed by atoms with Crippen molar-refractivity contribution in [1.82, 2.24) is 15.2 Å². The molecular weight excluding hydrogens is 248 g/mol. The third-order valence-electron chi connectivity index (χ3n) is 2.99. The molecule has 2 amide bonds. The molecule has 1 aromatic rings. The molecule has 0 aromatic carbocycles. The second-order valence-electron chi connectivity index (χ2n) is 4.48. The van der Waals surface area contributed by atoms with Crippen LogP contribution in [-0.4, -0.2) is 54.0 Å². The van der Waals surface area contributed by atoms with Crippen LogP contribution < -0.4 is 11.1 Å². The number of nitrogens with zero attached hydrogens (tertiary/aromatic N) is 1. The Kier molecular flexibility index (Phi) is 4.06. The van der Waals surface area contributed by atoms with E-state index in [2.05, 4.69) is 10.3 Å². The van der Waals surface area contributed by atoms with E-state index >= 15 is 0 Å². The monoisotopic (exact) mass is 266 g/mol. The molecule has 1 aliphatic heterocycles. The summed E-state index contributed by atoms with van der Waals surface area (Å²) >= 11 is 0. The maximum atomic E-state index is 12.1. The summed E-state index contributed by atoms with van der Waals surface area (Å²) in [5.41, 5.74) is 6.35. The van der Waals surface area contributed by atoms with Crippen LogP contribution in [0, 0.1) is 0 Å². The third kappa shape index (κ3) is 3.25. The highest BCUT2D eigenvalue weighted by atomic mass is 16.5. The second-order valence-corrected chi connectivity index (χ2v) is 4.48. The number of ether oxygens (including phenoxy) is 1. The fraction of sp³-hybridized carbons (Fsp3) is 0.500. The van der Waals surface area contributed by atoms with Gasteiger partial charge in [-0.25, -0.2) is 0 Å². The Hall–Kier alpha value is -2.02. The SMILES string of the molecule is CC(NC(=O)c1cc(N)c[nH]1)C(=O)N1CCOCC1. The molecule has 0 spiro atoms. The molecule has 1 fully saturated rings. The van der Waals surface area contributed by atoms with Gasteiger partial charge < -0.3 is 25.7 Å². The van der Waals surface area contributed by atoms with Crippen molar-refractivity contribution in [3.05, 3.63) is 18.0 Å². The number of nitrogen functional groups attached to an aromatic ring is 1. The number of H-pyrrole nitrogens is 1. The first-order chi connectivity index (χ1) is 9.08. The largest absolute Gasteiger partial charge is 0.397 e. The third-order valence-corrected chi connectivity index (χ3v) is 2.99. The van der Waals surface area contributed by atoms with Crippen LogP contribution in [0.25, 0.3) is 0 Å². The van der Waals surface area contributed by atoms with Crippen molar-refractivity contribution < 1.29 is 14.3 Å². The highest BCUT2D eigenvalue weighted by Crippen LogP contribution is 2.05. The number of hydrogen-bond acceptors (Lipinski definition) is 4. The van der Waals surface area contributed by atoms with Crippen LogP contribution in [0.3, 0.4) is 0 Å². The van der Waals surface area contributed by atoms with E-state index in [1.807, 2.05) is 0 Å². The van der Waals surface area contributed by atoms with Crippen LogP contribution in [0.1, 0.15) is 17.4 Å². The number of rotatable bonds is 3. The van der Waals surface area contributed by atoms with E-state index in [0.717, 1.165) is 0 Å². The maximum absolute atomic E-state index is 12.1. The highest BCUT2D eigenvalue weighted by Gasteiger charge is 2.24. The fourth-order valence-electron chi connectivity index (χ4n) is 1.94. The molecule has 4 N–H and O–H groups in total. The number of hydrogen-bond donors (Lipinski definition) is 3. The number of amides is 2. The molecule has 1 aromatic heterocycles. The molecule has 7 nitrogen and oxygen atoms in total. The van der Waals surface area contributed by atoms with Crippen molar-refractivity contribution in [1.29, 1.82) is 0 Å². The molecule has 2 heterocycles. The van der Waals surface area contributed by atoms with Crippen molar-refractivity contribution >= 4 is 17.5 Å². The molecule has 0 radical (unpaired) electrons. The van der Waals surface area contributed by atoms with Crippen molar-refractivity contribution in [2.24, 2.45) is 0 Å². The Morgan fingerprint density at radius 1 is 1.47 bits per heavy atom. The number of aromatic nitrogens is 1. The van der Waals surface area contributed by atoms with E-state index in [-0.39, 0.29) is 11.8 Å². The molecule has 19 heavy (non-hydrogen) atoms. The summed E-state index contributed by atoms with van der Waals surface area (Å²) in [5.74, 6) is -0.443. The van der Waals surface area contributed by atoms with Gasteiger partial charge in [0.1, 0.15) is 11.7 Å². The molecule has 1 saturated heterocycles. The average molecular weight is 266 g/mol. The van der Waals surface area contributed by atoms with Gasteiger partial charge in [0.05, 0.1) is 13.2 Å². The van der Waals surface area contributed by atoms with Crippen molar-refractivity contribution in [2.45, 2.75) is 13.0 Å². The molecule has 7 heteroatoms. The van der Waals surface area contributed by atoms with Crippen molar-refractivity contribution in [3.8, 4) is 0 Å².